The second kappa shape index (κ2) is 5.81. The van der Waals surface area contributed by atoms with Gasteiger partial charge in [-0.15, -0.1) is 0 Å². The third-order valence-electron chi connectivity index (χ3n) is 2.25. The number of rotatable bonds is 5. The monoisotopic (exact) mass is 213 g/mol. The highest BCUT2D eigenvalue weighted by Gasteiger charge is 2.06. The van der Waals surface area contributed by atoms with Gasteiger partial charge in [0, 0.05) is 12.1 Å². The lowest BCUT2D eigenvalue weighted by molar-refractivity contribution is 0.486. The summed E-state index contributed by atoms with van der Waals surface area (Å²) < 4.78 is 26.0. The second-order valence-electron chi connectivity index (χ2n) is 4.07. The van der Waals surface area contributed by atoms with Crippen LogP contribution in [0.5, 0.6) is 0 Å². The van der Waals surface area contributed by atoms with Gasteiger partial charge >= 0.3 is 0 Å². The Morgan fingerprint density at radius 3 is 2.67 bits per heavy atom. The quantitative estimate of drug-likeness (QED) is 0.741. The van der Waals surface area contributed by atoms with Crippen LogP contribution in [0.2, 0.25) is 0 Å². The van der Waals surface area contributed by atoms with Gasteiger partial charge in [0.05, 0.1) is 0 Å². The number of hydrogen-bond donors (Lipinski definition) is 1. The zero-order chi connectivity index (χ0) is 11.3. The summed E-state index contributed by atoms with van der Waals surface area (Å²) >= 11 is 0. The maximum absolute atomic E-state index is 13.2. The van der Waals surface area contributed by atoms with E-state index in [0.29, 0.717) is 18.0 Å². The van der Waals surface area contributed by atoms with Crippen molar-refractivity contribution in [1.82, 2.24) is 5.32 Å². The highest BCUT2D eigenvalue weighted by molar-refractivity contribution is 5.18. The first-order valence-electron chi connectivity index (χ1n) is 5.25. The normalized spacial score (nSPS) is 11.0. The fourth-order valence-electron chi connectivity index (χ4n) is 1.30. The molecule has 1 rings (SSSR count). The molecule has 0 fully saturated rings. The van der Waals surface area contributed by atoms with Crippen LogP contribution in [0.3, 0.4) is 0 Å². The molecule has 0 bridgehead atoms. The smallest absolute Gasteiger partial charge is 0.163 e. The predicted octanol–water partition coefficient (Wildman–Crippen LogP) is 3.10. The van der Waals surface area contributed by atoms with Gasteiger partial charge in [0.25, 0.3) is 0 Å². The summed E-state index contributed by atoms with van der Waals surface area (Å²) in [6, 6.07) is 4.26. The van der Waals surface area contributed by atoms with Gasteiger partial charge in [-0.25, -0.2) is 8.78 Å². The molecule has 0 heterocycles. The first-order valence-corrected chi connectivity index (χ1v) is 5.25. The van der Waals surface area contributed by atoms with Crippen molar-refractivity contribution in [2.45, 2.75) is 26.8 Å². The number of halogens is 2. The Balaban J connectivity index is 2.41. The van der Waals surface area contributed by atoms with Crippen LogP contribution in [0.25, 0.3) is 0 Å². The average molecular weight is 213 g/mol. The van der Waals surface area contributed by atoms with Crippen molar-refractivity contribution in [1.29, 1.82) is 0 Å². The molecule has 1 N–H and O–H groups in total. The molecular weight excluding hydrogens is 196 g/mol. The minimum absolute atomic E-state index is 0.385. The highest BCUT2D eigenvalue weighted by atomic mass is 19.2. The minimum atomic E-state index is -0.779. The summed E-state index contributed by atoms with van der Waals surface area (Å²) in [4.78, 5) is 0. The number of benzene rings is 1. The molecule has 1 aromatic carbocycles. The van der Waals surface area contributed by atoms with E-state index in [2.05, 4.69) is 19.2 Å². The predicted molar refractivity (Wildman–Crippen MR) is 57.5 cm³/mol. The van der Waals surface area contributed by atoms with Crippen molar-refractivity contribution in [2.75, 3.05) is 6.54 Å². The maximum atomic E-state index is 13.2. The lowest BCUT2D eigenvalue weighted by Crippen LogP contribution is -2.17. The lowest BCUT2D eigenvalue weighted by atomic mass is 10.1. The summed E-state index contributed by atoms with van der Waals surface area (Å²) in [5, 5.41) is 3.09. The Hall–Kier alpha value is -0.960. The largest absolute Gasteiger partial charge is 0.313 e. The van der Waals surface area contributed by atoms with E-state index < -0.39 is 11.6 Å². The van der Waals surface area contributed by atoms with E-state index in [9.17, 15) is 8.78 Å². The van der Waals surface area contributed by atoms with Gasteiger partial charge in [-0.05, 0) is 24.9 Å². The first-order chi connectivity index (χ1) is 7.11. The van der Waals surface area contributed by atoms with Crippen molar-refractivity contribution in [3.63, 3.8) is 0 Å². The van der Waals surface area contributed by atoms with Gasteiger partial charge in [0.1, 0.15) is 0 Å². The van der Waals surface area contributed by atoms with Gasteiger partial charge in [-0.2, -0.15) is 0 Å². The molecule has 15 heavy (non-hydrogen) atoms. The summed E-state index contributed by atoms with van der Waals surface area (Å²) in [6.45, 7) is 5.47. The van der Waals surface area contributed by atoms with E-state index in [1.807, 2.05) is 0 Å². The van der Waals surface area contributed by atoms with Crippen LogP contribution in [-0.4, -0.2) is 6.54 Å². The molecule has 0 aliphatic rings. The lowest BCUT2D eigenvalue weighted by Gasteiger charge is -2.07. The Labute approximate surface area is 89.5 Å². The van der Waals surface area contributed by atoms with Gasteiger partial charge < -0.3 is 5.32 Å². The third-order valence-corrected chi connectivity index (χ3v) is 2.25. The van der Waals surface area contributed by atoms with E-state index in [1.54, 1.807) is 6.07 Å². The molecule has 0 atom stereocenters. The van der Waals surface area contributed by atoms with E-state index in [1.165, 1.54) is 6.07 Å². The topological polar surface area (TPSA) is 12.0 Å². The fraction of sp³-hybridized carbons (Fsp3) is 0.500. The highest BCUT2D eigenvalue weighted by Crippen LogP contribution is 2.10. The molecule has 0 spiro atoms. The molecule has 1 aromatic rings. The molecule has 0 unspecified atom stereocenters. The summed E-state index contributed by atoms with van der Waals surface area (Å²) in [6.07, 6.45) is 1.04. The van der Waals surface area contributed by atoms with Crippen LogP contribution >= 0.6 is 0 Å². The molecule has 3 heteroatoms. The molecule has 0 aromatic heterocycles. The van der Waals surface area contributed by atoms with Gasteiger partial charge in [-0.3, -0.25) is 0 Å². The van der Waals surface area contributed by atoms with Crippen molar-refractivity contribution in [3.05, 3.63) is 35.4 Å². The molecule has 0 saturated carbocycles. The van der Waals surface area contributed by atoms with Crippen LogP contribution in [0.15, 0.2) is 18.2 Å². The zero-order valence-corrected chi connectivity index (χ0v) is 9.19. The molecule has 0 aliphatic heterocycles. The Kier molecular flexibility index (Phi) is 4.69. The fourth-order valence-corrected chi connectivity index (χ4v) is 1.30. The van der Waals surface area contributed by atoms with Crippen LogP contribution in [0.4, 0.5) is 8.78 Å². The molecule has 0 amide bonds. The first kappa shape index (κ1) is 12.1. The van der Waals surface area contributed by atoms with Crippen molar-refractivity contribution in [3.8, 4) is 0 Å². The molecular formula is C12H17F2N. The summed E-state index contributed by atoms with van der Waals surface area (Å²) in [7, 11) is 0. The van der Waals surface area contributed by atoms with Crippen LogP contribution in [0, 0.1) is 17.6 Å². The average Bonchev–Trinajstić information content (AvgIpc) is 2.18. The second-order valence-corrected chi connectivity index (χ2v) is 4.07. The minimum Gasteiger partial charge on any atom is -0.313 e. The zero-order valence-electron chi connectivity index (χ0n) is 9.19. The standard InChI is InChI=1S/C12H17F2N/c1-9(2)6-7-15-8-10-4-3-5-11(13)12(10)14/h3-5,9,15H,6-8H2,1-2H3. The van der Waals surface area contributed by atoms with Crippen molar-refractivity contribution < 1.29 is 8.78 Å². The molecule has 0 aliphatic carbocycles. The maximum Gasteiger partial charge on any atom is 0.163 e. The number of hydrogen-bond acceptors (Lipinski definition) is 1. The van der Waals surface area contributed by atoms with E-state index >= 15 is 0 Å². The van der Waals surface area contributed by atoms with E-state index in [4.69, 9.17) is 0 Å². The Morgan fingerprint density at radius 1 is 1.27 bits per heavy atom. The van der Waals surface area contributed by atoms with Gasteiger partial charge in [0.2, 0.25) is 0 Å². The van der Waals surface area contributed by atoms with Gasteiger partial charge in [-0.1, -0.05) is 26.0 Å². The van der Waals surface area contributed by atoms with Crippen LogP contribution in [-0.2, 0) is 6.54 Å². The Morgan fingerprint density at radius 2 is 2.00 bits per heavy atom. The molecule has 1 nitrogen and oxygen atoms in total. The molecule has 84 valence electrons. The van der Waals surface area contributed by atoms with Crippen LogP contribution < -0.4 is 5.32 Å². The van der Waals surface area contributed by atoms with Crippen LogP contribution in [0.1, 0.15) is 25.8 Å². The van der Waals surface area contributed by atoms with Gasteiger partial charge in [0.15, 0.2) is 11.6 Å². The van der Waals surface area contributed by atoms with E-state index in [0.717, 1.165) is 19.0 Å². The summed E-state index contributed by atoms with van der Waals surface area (Å²) in [5.41, 5.74) is 0.388. The van der Waals surface area contributed by atoms with Crippen molar-refractivity contribution >= 4 is 0 Å². The molecule has 0 saturated heterocycles. The van der Waals surface area contributed by atoms with Crippen molar-refractivity contribution in [2.24, 2.45) is 5.92 Å². The summed E-state index contributed by atoms with van der Waals surface area (Å²) in [5.74, 6) is -0.900. The molecule has 0 radical (unpaired) electrons. The number of nitrogens with one attached hydrogen (secondary N) is 1. The Bertz CT molecular complexity index is 310. The SMILES string of the molecule is CC(C)CCNCc1cccc(F)c1F. The van der Waals surface area contributed by atoms with E-state index in [-0.39, 0.29) is 0 Å². The third kappa shape index (κ3) is 3.96.